The molecule has 0 fully saturated rings. The minimum atomic E-state index is -0.584. The van der Waals surface area contributed by atoms with Gasteiger partial charge in [-0.15, -0.1) is 23.1 Å². The van der Waals surface area contributed by atoms with E-state index >= 15 is 0 Å². The topological polar surface area (TPSA) is 141 Å². The van der Waals surface area contributed by atoms with Crippen LogP contribution in [0.2, 0.25) is 0 Å². The molecule has 0 radical (unpaired) electrons. The Kier molecular flexibility index (Phi) is 13.0. The lowest BCUT2D eigenvalue weighted by molar-refractivity contribution is -0.115. The van der Waals surface area contributed by atoms with Crippen LogP contribution in [0, 0.1) is 0 Å². The molecule has 0 aliphatic heterocycles. The van der Waals surface area contributed by atoms with Gasteiger partial charge in [-0.2, -0.15) is 0 Å². The quantitative estimate of drug-likeness (QED) is 0.0687. The fraction of sp³-hybridized carbons (Fsp3) is 0.282. The number of anilines is 2. The van der Waals surface area contributed by atoms with Crippen LogP contribution >= 0.6 is 23.1 Å². The summed E-state index contributed by atoms with van der Waals surface area (Å²) >= 11 is 2.75. The first kappa shape index (κ1) is 38.0. The van der Waals surface area contributed by atoms with Crippen molar-refractivity contribution in [2.75, 3.05) is 38.6 Å². The third kappa shape index (κ3) is 9.14. The van der Waals surface area contributed by atoms with Crippen LogP contribution in [0.15, 0.2) is 77.3 Å². The van der Waals surface area contributed by atoms with E-state index in [9.17, 15) is 19.2 Å². The van der Waals surface area contributed by atoms with Gasteiger partial charge in [0.15, 0.2) is 11.5 Å². The van der Waals surface area contributed by atoms with Crippen molar-refractivity contribution in [2.45, 2.75) is 49.7 Å². The standard InChI is InChI=1S/C39H41N3O8S2/c1-6-50-39(46)33-28-17-10-11-18-32(28)52-38(33)42-35(43)23(2)51-27-16-12-15-26(22-27)40-37(45)29(41-36(44)25-13-8-7-9-14-25)19-24-20-30(47-3)34(49-5)31(21-24)48-4/h7-9,12-16,19-23H,6,10-11,17-18H2,1-5H3,(H,40,45)(H,41,44)(H,42,43)/b29-19+. The summed E-state index contributed by atoms with van der Waals surface area (Å²) in [6.07, 6.45) is 5.21. The van der Waals surface area contributed by atoms with Crippen LogP contribution in [-0.2, 0) is 27.2 Å². The minimum absolute atomic E-state index is 0.0371. The lowest BCUT2D eigenvalue weighted by Gasteiger charge is -2.15. The SMILES string of the molecule is CCOC(=O)c1c(NC(=O)C(C)Sc2cccc(NC(=O)/C(=C\c3cc(OC)c(OC)c(OC)c3)NC(=O)c3ccccc3)c2)sc2c1CCCC2. The largest absolute Gasteiger partial charge is 0.493 e. The first-order chi connectivity index (χ1) is 25.1. The number of carbonyl (C=O) groups is 4. The molecule has 0 spiro atoms. The smallest absolute Gasteiger partial charge is 0.341 e. The van der Waals surface area contributed by atoms with Crippen molar-refractivity contribution in [1.29, 1.82) is 0 Å². The molecule has 1 unspecified atom stereocenters. The Morgan fingerprint density at radius 2 is 1.60 bits per heavy atom. The van der Waals surface area contributed by atoms with Gasteiger partial charge in [0.1, 0.15) is 10.7 Å². The van der Waals surface area contributed by atoms with E-state index in [0.717, 1.165) is 41.0 Å². The molecule has 0 bridgehead atoms. The molecule has 13 heteroatoms. The van der Waals surface area contributed by atoms with Crippen molar-refractivity contribution in [1.82, 2.24) is 5.32 Å². The van der Waals surface area contributed by atoms with Crippen LogP contribution < -0.4 is 30.2 Å². The molecular weight excluding hydrogens is 703 g/mol. The minimum Gasteiger partial charge on any atom is -0.493 e. The van der Waals surface area contributed by atoms with Gasteiger partial charge in [0.25, 0.3) is 11.8 Å². The molecule has 1 heterocycles. The number of rotatable bonds is 14. The number of fused-ring (bicyclic) bond motifs is 1. The Morgan fingerprint density at radius 3 is 2.27 bits per heavy atom. The molecule has 0 saturated heterocycles. The number of esters is 1. The highest BCUT2D eigenvalue weighted by Gasteiger charge is 2.28. The molecule has 1 aromatic heterocycles. The van der Waals surface area contributed by atoms with Gasteiger partial charge in [0, 0.05) is 21.0 Å². The third-order valence-corrected chi connectivity index (χ3v) is 10.5. The fourth-order valence-corrected chi connectivity index (χ4v) is 7.89. The highest BCUT2D eigenvalue weighted by molar-refractivity contribution is 8.00. The summed E-state index contributed by atoms with van der Waals surface area (Å²) < 4.78 is 21.7. The molecule has 11 nitrogen and oxygen atoms in total. The van der Waals surface area contributed by atoms with E-state index in [0.29, 0.717) is 44.6 Å². The number of ether oxygens (including phenoxy) is 4. The Morgan fingerprint density at radius 1 is 0.885 bits per heavy atom. The monoisotopic (exact) mass is 743 g/mol. The highest BCUT2D eigenvalue weighted by atomic mass is 32.2. The zero-order valence-electron chi connectivity index (χ0n) is 29.6. The highest BCUT2D eigenvalue weighted by Crippen LogP contribution is 2.40. The maximum Gasteiger partial charge on any atom is 0.341 e. The second-order valence-electron chi connectivity index (χ2n) is 11.7. The molecule has 5 rings (SSSR count). The summed E-state index contributed by atoms with van der Waals surface area (Å²) in [5.74, 6) is -0.604. The van der Waals surface area contributed by atoms with Gasteiger partial charge in [-0.3, -0.25) is 14.4 Å². The number of nitrogens with one attached hydrogen (secondary N) is 3. The van der Waals surface area contributed by atoms with Crippen molar-refractivity contribution in [3.05, 3.63) is 99.6 Å². The summed E-state index contributed by atoms with van der Waals surface area (Å²) in [7, 11) is 4.47. The summed E-state index contributed by atoms with van der Waals surface area (Å²) in [6.45, 7) is 3.79. The van der Waals surface area contributed by atoms with Gasteiger partial charge in [-0.05, 0) is 99.2 Å². The maximum atomic E-state index is 13.8. The molecule has 1 atom stereocenters. The fourth-order valence-electron chi connectivity index (χ4n) is 5.68. The van der Waals surface area contributed by atoms with Crippen LogP contribution in [0.5, 0.6) is 17.2 Å². The van der Waals surface area contributed by atoms with Gasteiger partial charge in [-0.1, -0.05) is 24.3 Å². The zero-order valence-corrected chi connectivity index (χ0v) is 31.3. The van der Waals surface area contributed by atoms with Crippen molar-refractivity contribution < 1.29 is 38.1 Å². The number of thiophene rings is 1. The number of amides is 3. The molecule has 1 aliphatic rings. The third-order valence-electron chi connectivity index (χ3n) is 8.19. The van der Waals surface area contributed by atoms with Crippen LogP contribution in [0.3, 0.4) is 0 Å². The zero-order chi connectivity index (χ0) is 37.2. The van der Waals surface area contributed by atoms with Gasteiger partial charge >= 0.3 is 5.97 Å². The van der Waals surface area contributed by atoms with Crippen molar-refractivity contribution >= 4 is 63.6 Å². The van der Waals surface area contributed by atoms with E-state index < -0.39 is 23.0 Å². The van der Waals surface area contributed by atoms with E-state index in [4.69, 9.17) is 18.9 Å². The average molecular weight is 744 g/mol. The second kappa shape index (κ2) is 17.8. The predicted octanol–water partition coefficient (Wildman–Crippen LogP) is 7.36. The normalized spacial score (nSPS) is 12.9. The molecule has 52 heavy (non-hydrogen) atoms. The summed E-state index contributed by atoms with van der Waals surface area (Å²) in [5.41, 5.74) is 2.73. The Balaban J connectivity index is 1.35. The van der Waals surface area contributed by atoms with E-state index in [1.54, 1.807) is 74.5 Å². The Labute approximate surface area is 311 Å². The number of methoxy groups -OCH3 is 3. The molecule has 0 saturated carbocycles. The van der Waals surface area contributed by atoms with Gasteiger partial charge in [0.2, 0.25) is 11.7 Å². The van der Waals surface area contributed by atoms with Crippen LogP contribution in [0.1, 0.15) is 63.4 Å². The van der Waals surface area contributed by atoms with Gasteiger partial charge in [0.05, 0.1) is 38.7 Å². The van der Waals surface area contributed by atoms with E-state index in [-0.39, 0.29) is 18.2 Å². The number of hydrogen-bond acceptors (Lipinski definition) is 10. The molecule has 272 valence electrons. The molecule has 1 aliphatic carbocycles. The number of carbonyl (C=O) groups excluding carboxylic acids is 4. The Hall–Kier alpha value is -5.27. The van der Waals surface area contributed by atoms with E-state index in [2.05, 4.69) is 16.0 Å². The first-order valence-electron chi connectivity index (χ1n) is 16.7. The van der Waals surface area contributed by atoms with Crippen molar-refractivity contribution in [2.24, 2.45) is 0 Å². The summed E-state index contributed by atoms with van der Waals surface area (Å²) in [6, 6.07) is 18.9. The van der Waals surface area contributed by atoms with Crippen molar-refractivity contribution in [3.8, 4) is 17.2 Å². The number of thioether (sulfide) groups is 1. The van der Waals surface area contributed by atoms with Crippen LogP contribution in [0.25, 0.3) is 6.08 Å². The first-order valence-corrected chi connectivity index (χ1v) is 18.4. The maximum absolute atomic E-state index is 13.8. The predicted molar refractivity (Wildman–Crippen MR) is 204 cm³/mol. The van der Waals surface area contributed by atoms with Crippen LogP contribution in [0.4, 0.5) is 10.7 Å². The molecular formula is C39H41N3O8S2. The molecule has 3 N–H and O–H groups in total. The molecule has 4 aromatic rings. The Bertz CT molecular complexity index is 1950. The van der Waals surface area contributed by atoms with E-state index in [1.807, 2.05) is 6.07 Å². The van der Waals surface area contributed by atoms with Gasteiger partial charge in [-0.25, -0.2) is 4.79 Å². The van der Waals surface area contributed by atoms with Crippen molar-refractivity contribution in [3.63, 3.8) is 0 Å². The summed E-state index contributed by atoms with van der Waals surface area (Å²) in [4.78, 5) is 55.1. The van der Waals surface area contributed by atoms with Crippen LogP contribution in [-0.4, -0.2) is 56.9 Å². The number of benzene rings is 3. The molecule has 3 amide bonds. The second-order valence-corrected chi connectivity index (χ2v) is 14.2. The van der Waals surface area contributed by atoms with Gasteiger partial charge < -0.3 is 34.9 Å². The number of hydrogen-bond donors (Lipinski definition) is 3. The summed E-state index contributed by atoms with van der Waals surface area (Å²) in [5, 5.41) is 8.57. The lowest BCUT2D eigenvalue weighted by atomic mass is 9.95. The molecule has 3 aromatic carbocycles. The lowest BCUT2D eigenvalue weighted by Crippen LogP contribution is -2.30. The average Bonchev–Trinajstić information content (AvgIpc) is 3.52. The number of aryl methyl sites for hydroxylation is 1. The van der Waals surface area contributed by atoms with E-state index in [1.165, 1.54) is 50.5 Å².